The smallest absolute Gasteiger partial charge is 0.0342 e. The van der Waals surface area contributed by atoms with Crippen LogP contribution in [-0.4, -0.2) is 44.2 Å². The molecular formula is C16H27N3. The van der Waals surface area contributed by atoms with E-state index in [9.17, 15) is 0 Å². The zero-order valence-corrected chi connectivity index (χ0v) is 12.5. The third kappa shape index (κ3) is 4.84. The van der Waals surface area contributed by atoms with Gasteiger partial charge in [-0.3, -0.25) is 0 Å². The van der Waals surface area contributed by atoms with Crippen LogP contribution < -0.4 is 10.6 Å². The summed E-state index contributed by atoms with van der Waals surface area (Å²) in [4.78, 5) is 2.56. The second kappa shape index (κ2) is 6.40. The van der Waals surface area contributed by atoms with Crippen LogP contribution in [-0.2, 0) is 0 Å². The fourth-order valence-corrected chi connectivity index (χ4v) is 2.63. The van der Waals surface area contributed by atoms with Crippen molar-refractivity contribution in [3.63, 3.8) is 0 Å². The van der Waals surface area contributed by atoms with Gasteiger partial charge in [0.1, 0.15) is 0 Å². The van der Waals surface area contributed by atoms with Crippen molar-refractivity contribution >= 4 is 5.69 Å². The molecular weight excluding hydrogens is 234 g/mol. The van der Waals surface area contributed by atoms with Crippen LogP contribution in [0.4, 0.5) is 5.69 Å². The van der Waals surface area contributed by atoms with Crippen LogP contribution in [0, 0.1) is 12.3 Å². The Bertz CT molecular complexity index is 395. The minimum absolute atomic E-state index is 0.293. The number of aryl methyl sites for hydroxylation is 1. The predicted octanol–water partition coefficient (Wildman–Crippen LogP) is 2.34. The highest BCUT2D eigenvalue weighted by molar-refractivity contribution is 5.45. The first kappa shape index (κ1) is 14.4. The van der Waals surface area contributed by atoms with E-state index in [4.69, 9.17) is 0 Å². The van der Waals surface area contributed by atoms with Gasteiger partial charge in [-0.2, -0.15) is 0 Å². The molecule has 1 fully saturated rings. The summed E-state index contributed by atoms with van der Waals surface area (Å²) in [6.07, 6.45) is 0. The van der Waals surface area contributed by atoms with Gasteiger partial charge in [0, 0.05) is 45.0 Å². The van der Waals surface area contributed by atoms with Crippen molar-refractivity contribution in [2.75, 3.05) is 44.6 Å². The molecule has 0 amide bonds. The largest absolute Gasteiger partial charge is 0.384 e. The summed E-state index contributed by atoms with van der Waals surface area (Å²) < 4.78 is 0. The van der Waals surface area contributed by atoms with E-state index in [1.165, 1.54) is 24.3 Å². The van der Waals surface area contributed by atoms with E-state index >= 15 is 0 Å². The molecule has 1 aliphatic rings. The van der Waals surface area contributed by atoms with E-state index in [2.05, 4.69) is 60.6 Å². The standard InChI is InChI=1S/C16H27N3/c1-14-5-4-6-15(11-14)18-12-16(2,3)13-19-9-7-17-8-10-19/h4-6,11,17-18H,7-10,12-13H2,1-3H3. The Morgan fingerprint density at radius 2 is 2.00 bits per heavy atom. The fraction of sp³-hybridized carbons (Fsp3) is 0.625. The van der Waals surface area contributed by atoms with E-state index < -0.39 is 0 Å². The topological polar surface area (TPSA) is 27.3 Å². The molecule has 0 radical (unpaired) electrons. The van der Waals surface area contributed by atoms with Crippen molar-refractivity contribution in [1.82, 2.24) is 10.2 Å². The summed E-state index contributed by atoms with van der Waals surface area (Å²) in [6.45, 7) is 13.6. The maximum absolute atomic E-state index is 3.57. The Kier molecular flexibility index (Phi) is 4.83. The maximum atomic E-state index is 3.57. The number of piperazine rings is 1. The van der Waals surface area contributed by atoms with Gasteiger partial charge in [-0.05, 0) is 30.0 Å². The molecule has 0 aromatic heterocycles. The molecule has 1 aromatic carbocycles. The molecule has 106 valence electrons. The van der Waals surface area contributed by atoms with Crippen LogP contribution in [0.3, 0.4) is 0 Å². The number of nitrogens with one attached hydrogen (secondary N) is 2. The predicted molar refractivity (Wildman–Crippen MR) is 82.8 cm³/mol. The van der Waals surface area contributed by atoms with Crippen LogP contribution in [0.15, 0.2) is 24.3 Å². The summed E-state index contributed by atoms with van der Waals surface area (Å²) >= 11 is 0. The molecule has 0 unspecified atom stereocenters. The molecule has 3 heteroatoms. The lowest BCUT2D eigenvalue weighted by molar-refractivity contribution is 0.168. The molecule has 2 rings (SSSR count). The van der Waals surface area contributed by atoms with Crippen molar-refractivity contribution in [2.24, 2.45) is 5.41 Å². The zero-order valence-electron chi connectivity index (χ0n) is 12.5. The average Bonchev–Trinajstić information content (AvgIpc) is 2.37. The van der Waals surface area contributed by atoms with Gasteiger partial charge in [0.2, 0.25) is 0 Å². The van der Waals surface area contributed by atoms with E-state index in [1.54, 1.807) is 0 Å². The number of benzene rings is 1. The monoisotopic (exact) mass is 261 g/mol. The van der Waals surface area contributed by atoms with Crippen molar-refractivity contribution in [3.8, 4) is 0 Å². The maximum Gasteiger partial charge on any atom is 0.0342 e. The van der Waals surface area contributed by atoms with Gasteiger partial charge in [-0.15, -0.1) is 0 Å². The fourth-order valence-electron chi connectivity index (χ4n) is 2.63. The summed E-state index contributed by atoms with van der Waals surface area (Å²) in [6, 6.07) is 8.60. The molecule has 1 aromatic rings. The van der Waals surface area contributed by atoms with Crippen molar-refractivity contribution in [1.29, 1.82) is 0 Å². The number of rotatable bonds is 5. The van der Waals surface area contributed by atoms with E-state index in [0.717, 1.165) is 26.2 Å². The SMILES string of the molecule is Cc1cccc(NCC(C)(C)CN2CCNCC2)c1. The Morgan fingerprint density at radius 3 is 2.68 bits per heavy atom. The Morgan fingerprint density at radius 1 is 1.26 bits per heavy atom. The molecule has 0 atom stereocenters. The van der Waals surface area contributed by atoms with Crippen LogP contribution in [0.2, 0.25) is 0 Å². The van der Waals surface area contributed by atoms with Crippen LogP contribution in [0.5, 0.6) is 0 Å². The normalized spacial score (nSPS) is 17.4. The second-order valence-corrected chi connectivity index (χ2v) is 6.41. The highest BCUT2D eigenvalue weighted by Crippen LogP contribution is 2.19. The molecule has 1 heterocycles. The molecule has 0 saturated carbocycles. The zero-order chi connectivity index (χ0) is 13.7. The van der Waals surface area contributed by atoms with Crippen molar-refractivity contribution in [2.45, 2.75) is 20.8 Å². The van der Waals surface area contributed by atoms with Gasteiger partial charge in [0.05, 0.1) is 0 Å². The van der Waals surface area contributed by atoms with Crippen LogP contribution >= 0.6 is 0 Å². The molecule has 0 bridgehead atoms. The van der Waals surface area contributed by atoms with E-state index in [0.29, 0.717) is 5.41 Å². The Hall–Kier alpha value is -1.06. The van der Waals surface area contributed by atoms with E-state index in [1.807, 2.05) is 0 Å². The lowest BCUT2D eigenvalue weighted by Crippen LogP contribution is -2.48. The number of hydrogen-bond donors (Lipinski definition) is 2. The first-order valence-electron chi connectivity index (χ1n) is 7.29. The Balaban J connectivity index is 1.82. The first-order chi connectivity index (χ1) is 9.05. The molecule has 19 heavy (non-hydrogen) atoms. The van der Waals surface area contributed by atoms with Crippen molar-refractivity contribution in [3.05, 3.63) is 29.8 Å². The lowest BCUT2D eigenvalue weighted by atomic mass is 9.92. The third-order valence-electron chi connectivity index (χ3n) is 3.65. The highest BCUT2D eigenvalue weighted by atomic mass is 15.2. The van der Waals surface area contributed by atoms with Gasteiger partial charge in [0.15, 0.2) is 0 Å². The summed E-state index contributed by atoms with van der Waals surface area (Å²) in [5, 5.41) is 6.98. The van der Waals surface area contributed by atoms with E-state index in [-0.39, 0.29) is 0 Å². The molecule has 0 aliphatic carbocycles. The van der Waals surface area contributed by atoms with Gasteiger partial charge in [-0.25, -0.2) is 0 Å². The molecule has 0 spiro atoms. The van der Waals surface area contributed by atoms with Gasteiger partial charge in [0.25, 0.3) is 0 Å². The first-order valence-corrected chi connectivity index (χ1v) is 7.29. The van der Waals surface area contributed by atoms with Gasteiger partial charge >= 0.3 is 0 Å². The number of hydrogen-bond acceptors (Lipinski definition) is 3. The van der Waals surface area contributed by atoms with Crippen molar-refractivity contribution < 1.29 is 0 Å². The quantitative estimate of drug-likeness (QED) is 0.852. The molecule has 3 nitrogen and oxygen atoms in total. The highest BCUT2D eigenvalue weighted by Gasteiger charge is 2.22. The summed E-state index contributed by atoms with van der Waals surface area (Å²) in [5.74, 6) is 0. The van der Waals surface area contributed by atoms with Gasteiger partial charge < -0.3 is 15.5 Å². The number of nitrogens with zero attached hydrogens (tertiary/aromatic N) is 1. The van der Waals surface area contributed by atoms with Gasteiger partial charge in [-0.1, -0.05) is 26.0 Å². The molecule has 1 aliphatic heterocycles. The minimum Gasteiger partial charge on any atom is -0.384 e. The van der Waals surface area contributed by atoms with Crippen LogP contribution in [0.25, 0.3) is 0 Å². The summed E-state index contributed by atoms with van der Waals surface area (Å²) in [7, 11) is 0. The third-order valence-corrected chi connectivity index (χ3v) is 3.65. The Labute approximate surface area is 117 Å². The minimum atomic E-state index is 0.293. The number of anilines is 1. The molecule has 2 N–H and O–H groups in total. The second-order valence-electron chi connectivity index (χ2n) is 6.41. The summed E-state index contributed by atoms with van der Waals surface area (Å²) in [5.41, 5.74) is 2.83. The average molecular weight is 261 g/mol. The molecule has 1 saturated heterocycles. The van der Waals surface area contributed by atoms with Crippen LogP contribution in [0.1, 0.15) is 19.4 Å². The lowest BCUT2D eigenvalue weighted by Gasteiger charge is -2.35.